The SMILES string of the molecule is [C-]#[N+]c1c(N)sc2c(F)ccc(-c3c(Cl)c4c5c(nc(OC[C@@]67CCCN6CC(=C)C7)nc5c3F)N(CCOC)[C@H](C#C)CO4)c12. The minimum atomic E-state index is -0.810. The van der Waals surface area contributed by atoms with E-state index in [1.807, 2.05) is 0 Å². The van der Waals surface area contributed by atoms with Gasteiger partial charge in [0, 0.05) is 31.1 Å². The maximum Gasteiger partial charge on any atom is 0.319 e. The molecule has 0 aliphatic carbocycles. The molecule has 2 atom stereocenters. The van der Waals surface area contributed by atoms with Gasteiger partial charge in [-0.25, -0.2) is 13.6 Å². The second-order valence-electron chi connectivity index (χ2n) is 11.8. The average Bonchev–Trinajstić information content (AvgIpc) is 3.65. The van der Waals surface area contributed by atoms with Crippen LogP contribution in [0.15, 0.2) is 24.3 Å². The number of aromatic nitrogens is 2. The summed E-state index contributed by atoms with van der Waals surface area (Å²) in [7, 11) is 1.57. The summed E-state index contributed by atoms with van der Waals surface area (Å²) in [5.41, 5.74) is 6.98. The summed E-state index contributed by atoms with van der Waals surface area (Å²) in [5, 5.41) is 0.403. The Morgan fingerprint density at radius 3 is 2.93 bits per heavy atom. The third-order valence-electron chi connectivity index (χ3n) is 9.08. The van der Waals surface area contributed by atoms with E-state index in [1.54, 1.807) is 12.0 Å². The fourth-order valence-electron chi connectivity index (χ4n) is 7.01. The number of nitrogens with two attached hydrogens (primary N) is 1. The lowest BCUT2D eigenvalue weighted by Crippen LogP contribution is -2.43. The number of ether oxygens (including phenoxy) is 3. The van der Waals surface area contributed by atoms with E-state index in [9.17, 15) is 4.39 Å². The van der Waals surface area contributed by atoms with Crippen LogP contribution in [0.2, 0.25) is 5.02 Å². The molecule has 9 nitrogen and oxygen atoms in total. The van der Waals surface area contributed by atoms with Gasteiger partial charge in [-0.2, -0.15) is 9.97 Å². The number of benzene rings is 2. The number of halogens is 3. The molecule has 2 fully saturated rings. The lowest BCUT2D eigenvalue weighted by atomic mass is 9.94. The van der Waals surface area contributed by atoms with Crippen molar-refractivity contribution in [2.24, 2.45) is 0 Å². The van der Waals surface area contributed by atoms with Crippen LogP contribution in [0.5, 0.6) is 11.8 Å². The molecule has 0 bridgehead atoms. The van der Waals surface area contributed by atoms with Crippen LogP contribution < -0.4 is 20.1 Å². The Morgan fingerprint density at radius 2 is 2.17 bits per heavy atom. The molecular formula is C33H29ClF2N6O3S. The number of anilines is 2. The summed E-state index contributed by atoms with van der Waals surface area (Å²) in [4.78, 5) is 17.1. The fourth-order valence-corrected chi connectivity index (χ4v) is 8.28. The van der Waals surface area contributed by atoms with Crippen LogP contribution in [0, 0.1) is 30.6 Å². The molecule has 236 valence electrons. The third kappa shape index (κ3) is 4.63. The van der Waals surface area contributed by atoms with Crippen molar-refractivity contribution >= 4 is 60.4 Å². The van der Waals surface area contributed by atoms with Crippen molar-refractivity contribution < 1.29 is 23.0 Å². The van der Waals surface area contributed by atoms with Gasteiger partial charge in [-0.3, -0.25) is 4.90 Å². The zero-order valence-electron chi connectivity index (χ0n) is 25.0. The van der Waals surface area contributed by atoms with Crippen LogP contribution in [0.25, 0.3) is 37.0 Å². The van der Waals surface area contributed by atoms with Gasteiger partial charge in [-0.05, 0) is 37.4 Å². The van der Waals surface area contributed by atoms with Gasteiger partial charge >= 0.3 is 6.01 Å². The van der Waals surface area contributed by atoms with Gasteiger partial charge in [0.05, 0.1) is 38.8 Å². The highest BCUT2D eigenvalue weighted by Gasteiger charge is 2.46. The molecule has 46 heavy (non-hydrogen) atoms. The molecule has 13 heteroatoms. The molecule has 0 radical (unpaired) electrons. The largest absolute Gasteiger partial charge is 0.488 e. The van der Waals surface area contributed by atoms with Crippen molar-refractivity contribution in [3.05, 3.63) is 52.4 Å². The Hall–Kier alpha value is -4.20. The predicted molar refractivity (Wildman–Crippen MR) is 176 cm³/mol. The number of thiophene rings is 1. The standard InChI is InChI=1S/C33H29ClF2N6O3S/c1-5-18-15-44-28-23-26(25(36)21(24(28)34)19-7-8-20(35)29-22(19)27(38-3)30(37)46-29)39-32(40-31(23)42(18)11-12-43-4)45-16-33-9-6-10-41(33)14-17(2)13-33/h1,7-8,18H,2,6,9-16,37H2,4H3/t18-,33+/m1/s1. The fraction of sp³-hybridized carbons (Fsp3) is 0.364. The highest BCUT2D eigenvalue weighted by Crippen LogP contribution is 2.53. The highest BCUT2D eigenvalue weighted by molar-refractivity contribution is 7.23. The maximum atomic E-state index is 17.1. The summed E-state index contributed by atoms with van der Waals surface area (Å²) in [5.74, 6) is 1.76. The lowest BCUT2D eigenvalue weighted by Gasteiger charge is -2.31. The number of rotatable bonds is 7. The number of nitrogen functional groups attached to an aromatic ring is 1. The van der Waals surface area contributed by atoms with Crippen LogP contribution in [-0.4, -0.2) is 73.0 Å². The van der Waals surface area contributed by atoms with E-state index < -0.39 is 17.7 Å². The zero-order valence-corrected chi connectivity index (χ0v) is 26.5. The van der Waals surface area contributed by atoms with Crippen molar-refractivity contribution in [2.45, 2.75) is 30.8 Å². The monoisotopic (exact) mass is 662 g/mol. The summed E-state index contributed by atoms with van der Waals surface area (Å²) in [6.07, 6.45) is 8.74. The van der Waals surface area contributed by atoms with Crippen molar-refractivity contribution in [1.82, 2.24) is 14.9 Å². The van der Waals surface area contributed by atoms with Crippen molar-refractivity contribution in [3.63, 3.8) is 0 Å². The number of fused-ring (bicyclic) bond motifs is 2. The Bertz CT molecular complexity index is 2020. The van der Waals surface area contributed by atoms with Gasteiger partial charge in [0.1, 0.15) is 36.4 Å². The van der Waals surface area contributed by atoms with Crippen molar-refractivity contribution in [3.8, 4) is 35.2 Å². The van der Waals surface area contributed by atoms with Crippen LogP contribution in [0.1, 0.15) is 19.3 Å². The Balaban J connectivity index is 1.47. The Kier molecular flexibility index (Phi) is 7.65. The van der Waals surface area contributed by atoms with E-state index in [0.717, 1.165) is 49.3 Å². The third-order valence-corrected chi connectivity index (χ3v) is 10.5. The molecule has 3 aliphatic rings. The van der Waals surface area contributed by atoms with Gasteiger partial charge in [0.2, 0.25) is 5.69 Å². The first kappa shape index (κ1) is 30.5. The molecule has 3 aliphatic heterocycles. The van der Waals surface area contributed by atoms with E-state index in [2.05, 4.69) is 27.2 Å². The van der Waals surface area contributed by atoms with Gasteiger partial charge in [-0.15, -0.1) is 17.8 Å². The number of methoxy groups -OCH3 is 1. The second kappa shape index (κ2) is 11.6. The summed E-state index contributed by atoms with van der Waals surface area (Å²) >= 11 is 7.91. The molecular weight excluding hydrogens is 634 g/mol. The molecule has 2 aromatic carbocycles. The lowest BCUT2D eigenvalue weighted by molar-refractivity contribution is 0.108. The minimum absolute atomic E-state index is 0.00434. The first-order chi connectivity index (χ1) is 22.2. The molecule has 0 amide bonds. The molecule has 0 spiro atoms. The van der Waals surface area contributed by atoms with Gasteiger partial charge in [0.15, 0.2) is 11.6 Å². The topological polar surface area (TPSA) is 90.3 Å². The predicted octanol–water partition coefficient (Wildman–Crippen LogP) is 6.60. The smallest absolute Gasteiger partial charge is 0.319 e. The van der Waals surface area contributed by atoms with Crippen molar-refractivity contribution in [2.75, 3.05) is 57.2 Å². The first-order valence-corrected chi connectivity index (χ1v) is 15.9. The van der Waals surface area contributed by atoms with Crippen LogP contribution in [-0.2, 0) is 4.74 Å². The number of terminal acetylenes is 1. The normalized spacial score (nSPS) is 20.9. The average molecular weight is 663 g/mol. The van der Waals surface area contributed by atoms with E-state index in [-0.39, 0.29) is 71.7 Å². The summed E-state index contributed by atoms with van der Waals surface area (Å²) in [6.45, 7) is 14.6. The highest BCUT2D eigenvalue weighted by atomic mass is 35.5. The second-order valence-corrected chi connectivity index (χ2v) is 13.2. The van der Waals surface area contributed by atoms with Gasteiger partial charge < -0.3 is 24.8 Å². The van der Waals surface area contributed by atoms with Crippen molar-refractivity contribution in [1.29, 1.82) is 0 Å². The first-order valence-electron chi connectivity index (χ1n) is 14.7. The number of hydrogen-bond donors (Lipinski definition) is 1. The number of nitrogens with zero attached hydrogens (tertiary/aromatic N) is 5. The van der Waals surface area contributed by atoms with Crippen LogP contribution >= 0.6 is 22.9 Å². The zero-order chi connectivity index (χ0) is 32.3. The minimum Gasteiger partial charge on any atom is -0.488 e. The number of hydrogen-bond acceptors (Lipinski definition) is 9. The van der Waals surface area contributed by atoms with Gasteiger partial charge in [-0.1, -0.05) is 35.7 Å². The Morgan fingerprint density at radius 1 is 1.35 bits per heavy atom. The van der Waals surface area contributed by atoms with E-state index in [4.69, 9.17) is 49.5 Å². The van der Waals surface area contributed by atoms with E-state index >= 15 is 4.39 Å². The van der Waals surface area contributed by atoms with Crippen LogP contribution in [0.4, 0.5) is 25.3 Å². The molecule has 5 heterocycles. The quantitative estimate of drug-likeness (QED) is 0.135. The molecule has 2 aromatic heterocycles. The van der Waals surface area contributed by atoms with Crippen LogP contribution in [0.3, 0.4) is 0 Å². The molecule has 7 rings (SSSR count). The van der Waals surface area contributed by atoms with E-state index in [1.165, 1.54) is 12.1 Å². The van der Waals surface area contributed by atoms with Gasteiger partial charge in [0.25, 0.3) is 0 Å². The molecule has 2 N–H and O–H groups in total. The Labute approximate surface area is 273 Å². The molecule has 0 saturated carbocycles. The van der Waals surface area contributed by atoms with E-state index in [0.29, 0.717) is 25.6 Å². The molecule has 4 aromatic rings. The summed E-state index contributed by atoms with van der Waals surface area (Å²) < 4.78 is 50.1. The molecule has 0 unspecified atom stereocenters. The molecule has 2 saturated heterocycles. The maximum absolute atomic E-state index is 17.1. The summed E-state index contributed by atoms with van der Waals surface area (Å²) in [6, 6.07) is 1.93.